The van der Waals surface area contributed by atoms with Crippen LogP contribution in [0.5, 0.6) is 0 Å². The SMILES string of the molecule is C1=CC(c2cccc3c2oc2cc4ccccc4cc23)=C(N(c2ccc(-c3ccc(-c4cccc5ccccc45)cc3)cc2)c2ccc3c(ccc4ccccc43)c2)CC1. The number of rotatable bonds is 6. The van der Waals surface area contributed by atoms with Gasteiger partial charge in [0.1, 0.15) is 11.2 Å². The van der Waals surface area contributed by atoms with Crippen molar-refractivity contribution in [3.63, 3.8) is 0 Å². The summed E-state index contributed by atoms with van der Waals surface area (Å²) in [5, 5.41) is 12.2. The summed E-state index contributed by atoms with van der Waals surface area (Å²) in [6.45, 7) is 0. The summed E-state index contributed by atoms with van der Waals surface area (Å²) < 4.78 is 6.82. The largest absolute Gasteiger partial charge is 0.455 e. The normalized spacial score (nSPS) is 13.1. The maximum atomic E-state index is 6.82. The topological polar surface area (TPSA) is 16.4 Å². The molecule has 0 fully saturated rings. The molecule has 0 amide bonds. The van der Waals surface area contributed by atoms with Gasteiger partial charge in [-0.2, -0.15) is 0 Å². The molecule has 0 N–H and O–H groups in total. The molecule has 282 valence electrons. The fourth-order valence-electron chi connectivity index (χ4n) is 9.55. The van der Waals surface area contributed by atoms with E-state index in [1.54, 1.807) is 0 Å². The number of nitrogens with zero attached hydrogens (tertiary/aromatic N) is 1. The van der Waals surface area contributed by atoms with Crippen molar-refractivity contribution in [1.29, 1.82) is 0 Å². The lowest BCUT2D eigenvalue weighted by molar-refractivity contribution is 0.668. The van der Waals surface area contributed by atoms with Crippen LogP contribution in [0.25, 0.3) is 92.9 Å². The Kier molecular flexibility index (Phi) is 8.02. The molecule has 0 aliphatic heterocycles. The van der Waals surface area contributed by atoms with Crippen LogP contribution in [0, 0.1) is 0 Å². The minimum atomic E-state index is 0.888. The van der Waals surface area contributed by atoms with Crippen LogP contribution < -0.4 is 4.90 Å². The second-order valence-corrected chi connectivity index (χ2v) is 16.0. The Bertz CT molecular complexity index is 3530. The van der Waals surface area contributed by atoms with Crippen molar-refractivity contribution in [2.45, 2.75) is 12.8 Å². The van der Waals surface area contributed by atoms with E-state index in [4.69, 9.17) is 4.42 Å². The molecule has 1 aliphatic carbocycles. The van der Waals surface area contributed by atoms with Crippen LogP contribution in [0.3, 0.4) is 0 Å². The molecular formula is C58H39NO. The Morgan fingerprint density at radius 1 is 0.383 bits per heavy atom. The van der Waals surface area contributed by atoms with E-state index in [1.165, 1.54) is 76.6 Å². The molecule has 0 saturated heterocycles. The summed E-state index contributed by atoms with van der Waals surface area (Å²) in [7, 11) is 0. The summed E-state index contributed by atoms with van der Waals surface area (Å²) in [6.07, 6.45) is 6.46. The fraction of sp³-hybridized carbons (Fsp3) is 0.0345. The molecule has 60 heavy (non-hydrogen) atoms. The number of hydrogen-bond donors (Lipinski definition) is 0. The van der Waals surface area contributed by atoms with Gasteiger partial charge in [-0.1, -0.05) is 176 Å². The monoisotopic (exact) mass is 765 g/mol. The second-order valence-electron chi connectivity index (χ2n) is 16.0. The Morgan fingerprint density at radius 3 is 1.78 bits per heavy atom. The number of fused-ring (bicyclic) bond motifs is 8. The van der Waals surface area contributed by atoms with Crippen LogP contribution in [-0.2, 0) is 0 Å². The highest BCUT2D eigenvalue weighted by Gasteiger charge is 2.24. The third-order valence-corrected chi connectivity index (χ3v) is 12.5. The zero-order chi connectivity index (χ0) is 39.6. The highest BCUT2D eigenvalue weighted by molar-refractivity contribution is 6.13. The average Bonchev–Trinajstić information content (AvgIpc) is 3.68. The van der Waals surface area contributed by atoms with Crippen molar-refractivity contribution in [3.05, 3.63) is 224 Å². The van der Waals surface area contributed by atoms with Gasteiger partial charge >= 0.3 is 0 Å². The van der Waals surface area contributed by atoms with Gasteiger partial charge in [-0.25, -0.2) is 0 Å². The molecule has 0 unspecified atom stereocenters. The molecule has 1 aromatic heterocycles. The molecule has 11 aromatic rings. The predicted octanol–water partition coefficient (Wildman–Crippen LogP) is 16.4. The van der Waals surface area contributed by atoms with E-state index in [2.05, 4.69) is 217 Å². The van der Waals surface area contributed by atoms with Gasteiger partial charge in [0, 0.05) is 39.0 Å². The van der Waals surface area contributed by atoms with Crippen LogP contribution in [-0.4, -0.2) is 0 Å². The van der Waals surface area contributed by atoms with Crippen molar-refractivity contribution in [3.8, 4) is 22.3 Å². The molecule has 10 aromatic carbocycles. The zero-order valence-corrected chi connectivity index (χ0v) is 33.0. The first kappa shape index (κ1) is 34.4. The molecule has 0 atom stereocenters. The van der Waals surface area contributed by atoms with E-state index in [-0.39, 0.29) is 0 Å². The highest BCUT2D eigenvalue weighted by Crippen LogP contribution is 2.44. The molecule has 1 aliphatic rings. The number of para-hydroxylation sites is 1. The first-order valence-electron chi connectivity index (χ1n) is 20.9. The van der Waals surface area contributed by atoms with E-state index in [0.717, 1.165) is 51.7 Å². The summed E-state index contributed by atoms with van der Waals surface area (Å²) in [4.78, 5) is 2.48. The summed E-state index contributed by atoms with van der Waals surface area (Å²) in [6, 6.07) is 73.0. The lowest BCUT2D eigenvalue weighted by atomic mass is 9.93. The van der Waals surface area contributed by atoms with Crippen molar-refractivity contribution in [2.24, 2.45) is 0 Å². The molecular weight excluding hydrogens is 727 g/mol. The van der Waals surface area contributed by atoms with Gasteiger partial charge in [-0.05, 0) is 115 Å². The third-order valence-electron chi connectivity index (χ3n) is 12.5. The summed E-state index contributed by atoms with van der Waals surface area (Å²) >= 11 is 0. The smallest absolute Gasteiger partial charge is 0.143 e. The van der Waals surface area contributed by atoms with Crippen molar-refractivity contribution in [2.75, 3.05) is 4.90 Å². The number of anilines is 2. The Balaban J connectivity index is 0.998. The van der Waals surface area contributed by atoms with Crippen molar-refractivity contribution < 1.29 is 4.42 Å². The van der Waals surface area contributed by atoms with Gasteiger partial charge in [0.25, 0.3) is 0 Å². The Hall–Kier alpha value is -7.68. The highest BCUT2D eigenvalue weighted by atomic mass is 16.3. The first-order chi connectivity index (χ1) is 29.7. The van der Waals surface area contributed by atoms with Gasteiger partial charge < -0.3 is 9.32 Å². The molecule has 0 radical (unpaired) electrons. The van der Waals surface area contributed by atoms with Crippen LogP contribution in [0.2, 0.25) is 0 Å². The lowest BCUT2D eigenvalue weighted by Gasteiger charge is -2.32. The summed E-state index contributed by atoms with van der Waals surface area (Å²) in [5.74, 6) is 0. The number of benzene rings is 10. The van der Waals surface area contributed by atoms with Crippen LogP contribution in [0.4, 0.5) is 11.4 Å². The standard InChI is InChI=1S/C58H39NO/c1-2-14-44-37-57-55(36-43(44)13-1)54-21-10-20-53(58(54)60-57)52-18-7-8-22-56(52)59(47-33-34-51-45(35-47)28-27-41-12-4-6-17-49(41)51)46-31-29-39(30-32-46)38-23-25-42(26-24-38)50-19-9-15-40-11-3-5-16-48(40)50/h1-7,9-21,23-37H,8,22H2. The van der Waals surface area contributed by atoms with Crippen LogP contribution >= 0.6 is 0 Å². The first-order valence-corrected chi connectivity index (χ1v) is 20.9. The molecule has 0 bridgehead atoms. The maximum Gasteiger partial charge on any atom is 0.143 e. The van der Waals surface area contributed by atoms with E-state index < -0.39 is 0 Å². The Morgan fingerprint density at radius 2 is 0.967 bits per heavy atom. The number of hydrogen-bond acceptors (Lipinski definition) is 2. The lowest BCUT2D eigenvalue weighted by Crippen LogP contribution is -2.19. The molecule has 1 heterocycles. The maximum absolute atomic E-state index is 6.82. The van der Waals surface area contributed by atoms with Crippen molar-refractivity contribution >= 4 is 82.0 Å². The minimum Gasteiger partial charge on any atom is -0.455 e. The van der Waals surface area contributed by atoms with Crippen LogP contribution in [0.15, 0.2) is 222 Å². The summed E-state index contributed by atoms with van der Waals surface area (Å²) in [5.41, 5.74) is 12.5. The van der Waals surface area contributed by atoms with Gasteiger partial charge in [0.05, 0.1) is 0 Å². The third kappa shape index (κ3) is 5.72. The van der Waals surface area contributed by atoms with Gasteiger partial charge in [0.2, 0.25) is 0 Å². The molecule has 0 saturated carbocycles. The van der Waals surface area contributed by atoms with E-state index >= 15 is 0 Å². The zero-order valence-electron chi connectivity index (χ0n) is 33.0. The van der Waals surface area contributed by atoms with Crippen molar-refractivity contribution in [1.82, 2.24) is 0 Å². The van der Waals surface area contributed by atoms with Gasteiger partial charge in [-0.3, -0.25) is 0 Å². The van der Waals surface area contributed by atoms with E-state index in [0.29, 0.717) is 0 Å². The molecule has 12 rings (SSSR count). The molecule has 0 spiro atoms. The predicted molar refractivity (Wildman–Crippen MR) is 255 cm³/mol. The number of furan rings is 1. The van der Waals surface area contributed by atoms with Crippen LogP contribution in [0.1, 0.15) is 18.4 Å². The number of allylic oxidation sites excluding steroid dienone is 4. The second kappa shape index (κ2) is 14.0. The average molecular weight is 766 g/mol. The molecule has 2 heteroatoms. The van der Waals surface area contributed by atoms with E-state index in [9.17, 15) is 0 Å². The fourth-order valence-corrected chi connectivity index (χ4v) is 9.55. The van der Waals surface area contributed by atoms with Gasteiger partial charge in [0.15, 0.2) is 0 Å². The quantitative estimate of drug-likeness (QED) is 0.157. The Labute approximate surface area is 348 Å². The van der Waals surface area contributed by atoms with E-state index in [1.807, 2.05) is 0 Å². The van der Waals surface area contributed by atoms with Gasteiger partial charge in [-0.15, -0.1) is 0 Å². The minimum absolute atomic E-state index is 0.888. The molecule has 2 nitrogen and oxygen atoms in total.